The molecule has 0 saturated carbocycles. The van der Waals surface area contributed by atoms with Crippen LogP contribution in [0.15, 0.2) is 53.4 Å². The molecule has 2 heterocycles. The fourth-order valence-electron chi connectivity index (χ4n) is 5.34. The Hall–Kier alpha value is -3.35. The molecule has 0 bridgehead atoms. The molecule has 37 heavy (non-hydrogen) atoms. The number of piperidine rings is 1. The number of nitro groups is 1. The highest BCUT2D eigenvalue weighted by Gasteiger charge is 2.55. The molecule has 198 valence electrons. The van der Waals surface area contributed by atoms with Crippen LogP contribution in [0.1, 0.15) is 37.3 Å². The highest BCUT2D eigenvalue weighted by molar-refractivity contribution is 7.89. The van der Waals surface area contributed by atoms with Crippen LogP contribution >= 0.6 is 0 Å². The molecular weight excluding hydrogens is 500 g/mol. The molecule has 12 heteroatoms. The van der Waals surface area contributed by atoms with E-state index in [0.29, 0.717) is 12.0 Å². The van der Waals surface area contributed by atoms with Crippen molar-refractivity contribution in [2.45, 2.75) is 62.2 Å². The predicted molar refractivity (Wildman–Crippen MR) is 134 cm³/mol. The summed E-state index contributed by atoms with van der Waals surface area (Å²) in [6.07, 6.45) is 0.947. The van der Waals surface area contributed by atoms with Crippen LogP contribution in [0.5, 0.6) is 0 Å². The molecule has 2 aromatic carbocycles. The predicted octanol–water partition coefficient (Wildman–Crippen LogP) is 2.29. The standard InChI is InChI=1S/C25H30N4O7S/c1-3-21(24(31)32)28-23(30)20(15-18-7-5-4-6-8-18)26-25(28)11-13-27(14-12-25)37(35,36)22-16-19(29(33)34)10-9-17(22)2/h4-10,16,20-21,26H,3,11-15H2,1-2H3,(H,31,32). The number of nitro benzene ring substituents is 1. The maximum Gasteiger partial charge on any atom is 0.326 e. The van der Waals surface area contributed by atoms with Crippen molar-refractivity contribution >= 4 is 27.6 Å². The Morgan fingerprint density at radius 3 is 2.43 bits per heavy atom. The molecule has 2 aliphatic rings. The van der Waals surface area contributed by atoms with E-state index in [9.17, 15) is 33.2 Å². The number of carbonyl (C=O) groups is 2. The number of carboxylic acids is 1. The van der Waals surface area contributed by atoms with Crippen molar-refractivity contribution in [2.75, 3.05) is 13.1 Å². The van der Waals surface area contributed by atoms with Gasteiger partial charge in [-0.25, -0.2) is 13.2 Å². The van der Waals surface area contributed by atoms with E-state index in [-0.39, 0.29) is 48.8 Å². The molecule has 2 unspecified atom stereocenters. The summed E-state index contributed by atoms with van der Waals surface area (Å²) in [5.41, 5.74) is -0.0152. The highest BCUT2D eigenvalue weighted by atomic mass is 32.2. The van der Waals surface area contributed by atoms with Gasteiger partial charge in [0.2, 0.25) is 15.9 Å². The van der Waals surface area contributed by atoms with Crippen LogP contribution < -0.4 is 5.32 Å². The van der Waals surface area contributed by atoms with E-state index in [4.69, 9.17) is 0 Å². The number of non-ortho nitro benzene ring substituents is 1. The van der Waals surface area contributed by atoms with Crippen molar-refractivity contribution in [3.8, 4) is 0 Å². The van der Waals surface area contributed by atoms with E-state index in [2.05, 4.69) is 5.32 Å². The van der Waals surface area contributed by atoms with Gasteiger partial charge in [-0.2, -0.15) is 4.31 Å². The quantitative estimate of drug-likeness (QED) is 0.390. The molecule has 2 atom stereocenters. The van der Waals surface area contributed by atoms with Crippen LogP contribution in [0.2, 0.25) is 0 Å². The van der Waals surface area contributed by atoms with E-state index in [1.807, 2.05) is 30.3 Å². The average Bonchev–Trinajstić information content (AvgIpc) is 3.11. The van der Waals surface area contributed by atoms with E-state index in [1.54, 1.807) is 13.8 Å². The number of sulfonamides is 1. The molecule has 1 spiro atoms. The first-order valence-electron chi connectivity index (χ1n) is 12.1. The Balaban J connectivity index is 1.62. The van der Waals surface area contributed by atoms with Crippen LogP contribution in [-0.2, 0) is 26.0 Å². The summed E-state index contributed by atoms with van der Waals surface area (Å²) < 4.78 is 28.1. The first kappa shape index (κ1) is 26.7. The summed E-state index contributed by atoms with van der Waals surface area (Å²) in [6.45, 7) is 3.33. The third kappa shape index (κ3) is 4.96. The molecule has 2 fully saturated rings. The lowest BCUT2D eigenvalue weighted by Crippen LogP contribution is -2.63. The van der Waals surface area contributed by atoms with E-state index in [1.165, 1.54) is 21.3 Å². The lowest BCUT2D eigenvalue weighted by atomic mass is 9.95. The van der Waals surface area contributed by atoms with Crippen molar-refractivity contribution < 1.29 is 28.0 Å². The average molecular weight is 531 g/mol. The SMILES string of the molecule is CCC(C(=O)O)N1C(=O)C(Cc2ccccc2)NC12CCN(S(=O)(=O)c1cc([N+](=O)[O-])ccc1C)CC2. The zero-order valence-electron chi connectivity index (χ0n) is 20.7. The number of carbonyl (C=O) groups excluding carboxylic acids is 1. The number of hydrogen-bond acceptors (Lipinski definition) is 7. The Bertz CT molecular complexity index is 1310. The maximum atomic E-state index is 13.5. The minimum atomic E-state index is -4.05. The van der Waals surface area contributed by atoms with Crippen LogP contribution in [-0.4, -0.2) is 70.4 Å². The van der Waals surface area contributed by atoms with Gasteiger partial charge in [0, 0.05) is 25.2 Å². The number of nitrogens with one attached hydrogen (secondary N) is 1. The van der Waals surface area contributed by atoms with Gasteiger partial charge in [0.05, 0.1) is 21.5 Å². The summed E-state index contributed by atoms with van der Waals surface area (Å²) in [5, 5.41) is 24.5. The molecule has 2 aliphatic heterocycles. The molecule has 4 rings (SSSR count). The Morgan fingerprint density at radius 2 is 1.86 bits per heavy atom. The molecule has 2 aromatic rings. The first-order valence-corrected chi connectivity index (χ1v) is 13.6. The van der Waals surface area contributed by atoms with Gasteiger partial charge < -0.3 is 10.0 Å². The number of amides is 1. The molecule has 2 N–H and O–H groups in total. The van der Waals surface area contributed by atoms with Gasteiger partial charge in [-0.1, -0.05) is 43.3 Å². The lowest BCUT2D eigenvalue weighted by Gasteiger charge is -2.46. The molecule has 0 aromatic heterocycles. The van der Waals surface area contributed by atoms with Crippen LogP contribution in [0, 0.1) is 17.0 Å². The third-order valence-corrected chi connectivity index (χ3v) is 9.30. The third-order valence-electron chi connectivity index (χ3n) is 7.26. The fourth-order valence-corrected chi connectivity index (χ4v) is 7.03. The summed E-state index contributed by atoms with van der Waals surface area (Å²) in [6, 6.07) is 11.4. The van der Waals surface area contributed by atoms with Crippen molar-refractivity contribution in [1.82, 2.24) is 14.5 Å². The van der Waals surface area contributed by atoms with Gasteiger partial charge in [0.25, 0.3) is 5.69 Å². The van der Waals surface area contributed by atoms with Crippen molar-refractivity contribution in [3.63, 3.8) is 0 Å². The number of benzene rings is 2. The fraction of sp³-hybridized carbons (Fsp3) is 0.440. The topological polar surface area (TPSA) is 150 Å². The number of aliphatic carboxylic acids is 1. The van der Waals surface area contributed by atoms with E-state index >= 15 is 0 Å². The Morgan fingerprint density at radius 1 is 1.22 bits per heavy atom. The molecule has 0 radical (unpaired) electrons. The van der Waals surface area contributed by atoms with Gasteiger partial charge in [0.15, 0.2) is 0 Å². The minimum Gasteiger partial charge on any atom is -0.480 e. The zero-order valence-corrected chi connectivity index (χ0v) is 21.5. The van der Waals surface area contributed by atoms with Gasteiger partial charge in [-0.15, -0.1) is 0 Å². The van der Waals surface area contributed by atoms with Gasteiger partial charge in [-0.3, -0.25) is 20.2 Å². The number of hydrogen-bond donors (Lipinski definition) is 2. The Kier molecular flexibility index (Phi) is 7.36. The van der Waals surface area contributed by atoms with Gasteiger partial charge in [-0.05, 0) is 43.7 Å². The van der Waals surface area contributed by atoms with Crippen molar-refractivity contribution in [1.29, 1.82) is 0 Å². The van der Waals surface area contributed by atoms with Crippen molar-refractivity contribution in [3.05, 3.63) is 69.8 Å². The van der Waals surface area contributed by atoms with Crippen LogP contribution in [0.4, 0.5) is 5.69 Å². The molecular formula is C25H30N4O7S. The summed E-state index contributed by atoms with van der Waals surface area (Å²) in [7, 11) is -4.05. The normalized spacial score (nSPS) is 20.8. The second kappa shape index (κ2) is 10.2. The smallest absolute Gasteiger partial charge is 0.326 e. The van der Waals surface area contributed by atoms with Gasteiger partial charge in [0.1, 0.15) is 6.04 Å². The number of nitrogens with zero attached hydrogens (tertiary/aromatic N) is 3. The molecule has 0 aliphatic carbocycles. The first-order chi connectivity index (χ1) is 17.5. The molecule has 2 saturated heterocycles. The van der Waals surface area contributed by atoms with E-state index in [0.717, 1.165) is 11.6 Å². The van der Waals surface area contributed by atoms with E-state index < -0.39 is 38.7 Å². The number of rotatable bonds is 8. The van der Waals surface area contributed by atoms with Crippen LogP contribution in [0.3, 0.4) is 0 Å². The monoisotopic (exact) mass is 530 g/mol. The second-order valence-electron chi connectivity index (χ2n) is 9.50. The highest BCUT2D eigenvalue weighted by Crippen LogP contribution is 2.37. The summed E-state index contributed by atoms with van der Waals surface area (Å²) in [4.78, 5) is 37.5. The largest absolute Gasteiger partial charge is 0.480 e. The zero-order chi connectivity index (χ0) is 27.0. The summed E-state index contributed by atoms with van der Waals surface area (Å²) in [5.74, 6) is -1.43. The lowest BCUT2D eigenvalue weighted by molar-refractivity contribution is -0.385. The molecule has 1 amide bonds. The Labute approximate surface area is 215 Å². The second-order valence-corrected chi connectivity index (χ2v) is 11.4. The maximum absolute atomic E-state index is 13.5. The van der Waals surface area contributed by atoms with Crippen LogP contribution in [0.25, 0.3) is 0 Å². The summed E-state index contributed by atoms with van der Waals surface area (Å²) >= 11 is 0. The number of carboxylic acid groups (broad SMARTS) is 1. The van der Waals surface area contributed by atoms with Gasteiger partial charge >= 0.3 is 5.97 Å². The van der Waals surface area contributed by atoms with Crippen molar-refractivity contribution in [2.24, 2.45) is 0 Å². The molecule has 11 nitrogen and oxygen atoms in total. The number of aryl methyl sites for hydroxylation is 1. The minimum absolute atomic E-state index is 0.0232.